The number of nitrogens with zero attached hydrogens (tertiary/aromatic N) is 1. The summed E-state index contributed by atoms with van der Waals surface area (Å²) in [5, 5.41) is 6.47. The summed E-state index contributed by atoms with van der Waals surface area (Å²) in [4.78, 5) is 13.9. The summed E-state index contributed by atoms with van der Waals surface area (Å²) in [7, 11) is 1.38. The number of Topliss-reactive ketones (excluding diaryl/α,β-unsaturated/α-hetero) is 1. The van der Waals surface area contributed by atoms with Crippen molar-refractivity contribution in [2.24, 2.45) is 10.7 Å². The van der Waals surface area contributed by atoms with Crippen LogP contribution in [0.3, 0.4) is 0 Å². The summed E-state index contributed by atoms with van der Waals surface area (Å²) in [6, 6.07) is 0. The summed E-state index contributed by atoms with van der Waals surface area (Å²) in [6.07, 6.45) is 0.711. The van der Waals surface area contributed by atoms with E-state index in [-0.39, 0.29) is 12.4 Å². The number of ketones is 1. The average molecular weight is 143 g/mol. The molecule has 0 rings (SSSR count). The normalized spacial score (nSPS) is 11.1. The minimum Gasteiger partial charge on any atom is -0.381 e. The fourth-order valence-corrected chi connectivity index (χ4v) is 0.347. The Bertz CT molecular complexity index is 164. The number of amidine groups is 1. The zero-order valence-electron chi connectivity index (χ0n) is 5.63. The van der Waals surface area contributed by atoms with Crippen LogP contribution in [0.4, 0.5) is 0 Å². The Morgan fingerprint density at radius 2 is 2.50 bits per heavy atom. The van der Waals surface area contributed by atoms with Crippen LogP contribution in [0.25, 0.3) is 0 Å². The Kier molecular flexibility index (Phi) is 4.06. The molecule has 10 heavy (non-hydrogen) atoms. The number of nitrogens with one attached hydrogen (secondary N) is 1. The topological polar surface area (TPSA) is 88.5 Å². The summed E-state index contributed by atoms with van der Waals surface area (Å²) in [5.74, 6) is -0.608. The molecule has 0 aromatic carbocycles. The smallest absolute Gasteiger partial charge is 0.223 e. The monoisotopic (exact) mass is 143 g/mol. The number of nitrogens with two attached hydrogens (primary N) is 1. The molecule has 0 amide bonds. The van der Waals surface area contributed by atoms with E-state index >= 15 is 0 Å². The van der Waals surface area contributed by atoms with E-state index in [1.807, 2.05) is 0 Å². The third-order valence-corrected chi connectivity index (χ3v) is 0.765. The lowest BCUT2D eigenvalue weighted by molar-refractivity contribution is -0.116. The molecule has 0 aliphatic heterocycles. The standard InChI is InChI=1S/C5H9N3O2/c1-10-2-4(9)5(7)8-3-6/h3H,2H2,1H3,(H3,6,7,8). The van der Waals surface area contributed by atoms with Crippen molar-refractivity contribution in [3.63, 3.8) is 0 Å². The first-order valence-electron chi connectivity index (χ1n) is 2.56. The van der Waals surface area contributed by atoms with Crippen LogP contribution in [0.5, 0.6) is 0 Å². The fourth-order valence-electron chi connectivity index (χ4n) is 0.347. The van der Waals surface area contributed by atoms with Crippen molar-refractivity contribution in [2.45, 2.75) is 0 Å². The van der Waals surface area contributed by atoms with Gasteiger partial charge < -0.3 is 10.5 Å². The molecule has 0 spiro atoms. The third-order valence-electron chi connectivity index (χ3n) is 0.765. The van der Waals surface area contributed by atoms with Gasteiger partial charge in [0.25, 0.3) is 0 Å². The quantitative estimate of drug-likeness (QED) is 0.397. The Morgan fingerprint density at radius 3 is 2.90 bits per heavy atom. The van der Waals surface area contributed by atoms with Crippen molar-refractivity contribution < 1.29 is 9.53 Å². The van der Waals surface area contributed by atoms with Crippen molar-refractivity contribution in [3.05, 3.63) is 0 Å². The van der Waals surface area contributed by atoms with Crippen LogP contribution in [0.2, 0.25) is 0 Å². The number of hydrogen-bond donors (Lipinski definition) is 2. The number of aliphatic imine (C=N–C) groups is 1. The van der Waals surface area contributed by atoms with E-state index in [2.05, 4.69) is 9.73 Å². The second-order valence-electron chi connectivity index (χ2n) is 1.50. The first-order valence-corrected chi connectivity index (χ1v) is 2.56. The first-order chi connectivity index (χ1) is 4.72. The molecule has 0 saturated carbocycles. The number of hydrogen-bond acceptors (Lipinski definition) is 3. The van der Waals surface area contributed by atoms with Gasteiger partial charge in [-0.05, 0) is 0 Å². The van der Waals surface area contributed by atoms with Crippen LogP contribution >= 0.6 is 0 Å². The predicted octanol–water partition coefficient (Wildman–Crippen LogP) is -0.834. The average Bonchev–Trinajstić information content (AvgIpc) is 1.89. The highest BCUT2D eigenvalue weighted by molar-refractivity contribution is 6.39. The van der Waals surface area contributed by atoms with E-state index in [0.29, 0.717) is 6.34 Å². The van der Waals surface area contributed by atoms with Crippen LogP contribution in [0.15, 0.2) is 4.99 Å². The fraction of sp³-hybridized carbons (Fsp3) is 0.400. The second kappa shape index (κ2) is 4.63. The van der Waals surface area contributed by atoms with Crippen molar-refractivity contribution >= 4 is 18.0 Å². The van der Waals surface area contributed by atoms with Gasteiger partial charge in [0.05, 0.1) is 0 Å². The maximum atomic E-state index is 10.6. The Balaban J connectivity index is 3.93. The highest BCUT2D eigenvalue weighted by Crippen LogP contribution is 1.74. The highest BCUT2D eigenvalue weighted by Gasteiger charge is 2.03. The number of methoxy groups -OCH3 is 1. The zero-order chi connectivity index (χ0) is 7.98. The Hall–Kier alpha value is -1.23. The molecule has 0 unspecified atom stereocenters. The van der Waals surface area contributed by atoms with Crippen LogP contribution in [0, 0.1) is 5.41 Å². The van der Waals surface area contributed by atoms with Crippen molar-refractivity contribution in [1.82, 2.24) is 0 Å². The Morgan fingerprint density at radius 1 is 1.90 bits per heavy atom. The molecule has 0 radical (unpaired) electrons. The molecule has 0 heterocycles. The largest absolute Gasteiger partial charge is 0.381 e. The third kappa shape index (κ3) is 2.93. The molecule has 0 atom stereocenters. The van der Waals surface area contributed by atoms with Gasteiger partial charge in [-0.2, -0.15) is 0 Å². The molecule has 0 aromatic rings. The van der Waals surface area contributed by atoms with Gasteiger partial charge in [-0.25, -0.2) is 4.99 Å². The van der Waals surface area contributed by atoms with Crippen molar-refractivity contribution in [2.75, 3.05) is 13.7 Å². The van der Waals surface area contributed by atoms with E-state index in [1.165, 1.54) is 7.11 Å². The number of rotatable bonds is 4. The first kappa shape index (κ1) is 8.77. The molecular weight excluding hydrogens is 134 g/mol. The summed E-state index contributed by atoms with van der Waals surface area (Å²) >= 11 is 0. The van der Waals surface area contributed by atoms with E-state index in [0.717, 1.165) is 0 Å². The molecular formula is C5H9N3O2. The maximum Gasteiger partial charge on any atom is 0.223 e. The molecule has 0 fully saturated rings. The summed E-state index contributed by atoms with van der Waals surface area (Å²) in [6.45, 7) is -0.0941. The van der Waals surface area contributed by atoms with Gasteiger partial charge in [0, 0.05) is 7.11 Å². The van der Waals surface area contributed by atoms with Crippen LogP contribution in [-0.2, 0) is 9.53 Å². The lowest BCUT2D eigenvalue weighted by atomic mass is 10.4. The molecule has 0 saturated heterocycles. The van der Waals surface area contributed by atoms with Gasteiger partial charge in [0.1, 0.15) is 12.9 Å². The van der Waals surface area contributed by atoms with E-state index in [4.69, 9.17) is 11.1 Å². The Labute approximate surface area is 58.4 Å². The van der Waals surface area contributed by atoms with Gasteiger partial charge in [-0.3, -0.25) is 10.2 Å². The lowest BCUT2D eigenvalue weighted by Gasteiger charge is -1.94. The molecule has 5 nitrogen and oxygen atoms in total. The maximum absolute atomic E-state index is 10.6. The minimum absolute atomic E-state index is 0.0941. The van der Waals surface area contributed by atoms with Gasteiger partial charge in [-0.15, -0.1) is 0 Å². The summed E-state index contributed by atoms with van der Waals surface area (Å²) in [5.41, 5.74) is 5.08. The predicted molar refractivity (Wildman–Crippen MR) is 37.3 cm³/mol. The number of carbonyl (C=O) groups excluding carboxylic acids is 1. The van der Waals surface area contributed by atoms with E-state index in [1.54, 1.807) is 0 Å². The zero-order valence-corrected chi connectivity index (χ0v) is 5.63. The second-order valence-corrected chi connectivity index (χ2v) is 1.50. The molecule has 0 aliphatic rings. The molecule has 3 N–H and O–H groups in total. The molecule has 5 heteroatoms. The number of carbonyl (C=O) groups is 1. The van der Waals surface area contributed by atoms with Crippen molar-refractivity contribution in [1.29, 1.82) is 5.41 Å². The van der Waals surface area contributed by atoms with Crippen LogP contribution < -0.4 is 5.73 Å². The minimum atomic E-state index is -0.411. The van der Waals surface area contributed by atoms with E-state index < -0.39 is 5.78 Å². The van der Waals surface area contributed by atoms with Crippen molar-refractivity contribution in [3.8, 4) is 0 Å². The van der Waals surface area contributed by atoms with Crippen LogP contribution in [0.1, 0.15) is 0 Å². The van der Waals surface area contributed by atoms with E-state index in [9.17, 15) is 4.79 Å². The number of ether oxygens (including phenoxy) is 1. The molecule has 0 bridgehead atoms. The SMILES string of the molecule is COCC(=O)C(N)=NC=N. The van der Waals surface area contributed by atoms with Gasteiger partial charge in [0.2, 0.25) is 5.78 Å². The summed E-state index contributed by atoms with van der Waals surface area (Å²) < 4.78 is 4.49. The molecule has 56 valence electrons. The molecule has 0 aromatic heterocycles. The van der Waals surface area contributed by atoms with Gasteiger partial charge >= 0.3 is 0 Å². The lowest BCUT2D eigenvalue weighted by Crippen LogP contribution is -2.27. The van der Waals surface area contributed by atoms with Gasteiger partial charge in [0.15, 0.2) is 5.84 Å². The van der Waals surface area contributed by atoms with Crippen LogP contribution in [-0.4, -0.2) is 31.7 Å². The van der Waals surface area contributed by atoms with Gasteiger partial charge in [-0.1, -0.05) is 0 Å². The molecule has 0 aliphatic carbocycles. The highest BCUT2D eigenvalue weighted by atomic mass is 16.5.